The molecule has 2 aromatic carbocycles. The molecule has 0 saturated heterocycles. The number of hydrazone groups is 1. The van der Waals surface area contributed by atoms with Gasteiger partial charge in [-0.15, -0.1) is 0 Å². The number of phenols is 2. The Morgan fingerprint density at radius 1 is 0.966 bits per heavy atom. The number of benzene rings is 2. The summed E-state index contributed by atoms with van der Waals surface area (Å²) in [5.41, 5.74) is 9.34. The monoisotopic (exact) mass is 394 g/mol. The number of carbonyl (C=O) groups excluding carboxylic acids is 2. The van der Waals surface area contributed by atoms with Crippen molar-refractivity contribution in [1.29, 1.82) is 0 Å². The maximum absolute atomic E-state index is 12.9. The Morgan fingerprint density at radius 3 is 2.24 bits per heavy atom. The van der Waals surface area contributed by atoms with Crippen LogP contribution in [0.15, 0.2) is 52.8 Å². The normalized spacial score (nSPS) is 15.2. The van der Waals surface area contributed by atoms with Gasteiger partial charge in [-0.1, -0.05) is 6.07 Å². The molecule has 0 bridgehead atoms. The molecule has 2 aromatic rings. The fraction of sp³-hybridized carbons (Fsp3) is 0.190. The molecule has 1 aliphatic rings. The maximum Gasteiger partial charge on any atom is 0.282 e. The molecule has 0 fully saturated rings. The fourth-order valence-corrected chi connectivity index (χ4v) is 2.98. The summed E-state index contributed by atoms with van der Waals surface area (Å²) in [6.07, 6.45) is 0. The van der Waals surface area contributed by atoms with Crippen LogP contribution >= 0.6 is 0 Å². The minimum Gasteiger partial charge on any atom is -0.508 e. The van der Waals surface area contributed by atoms with Crippen LogP contribution in [0.5, 0.6) is 11.5 Å². The first-order valence-electron chi connectivity index (χ1n) is 8.95. The molecule has 3 rings (SSSR count). The molecule has 0 unspecified atom stereocenters. The van der Waals surface area contributed by atoms with Gasteiger partial charge in [0.15, 0.2) is 0 Å². The smallest absolute Gasteiger partial charge is 0.282 e. The van der Waals surface area contributed by atoms with E-state index in [4.69, 9.17) is 0 Å². The summed E-state index contributed by atoms with van der Waals surface area (Å²) in [6.45, 7) is 7.33. The van der Waals surface area contributed by atoms with E-state index in [1.165, 1.54) is 17.1 Å². The zero-order chi connectivity index (χ0) is 21.3. The van der Waals surface area contributed by atoms with Gasteiger partial charge < -0.3 is 15.6 Å². The number of hydrogen-bond donors (Lipinski definition) is 4. The van der Waals surface area contributed by atoms with E-state index in [-0.39, 0.29) is 23.0 Å². The van der Waals surface area contributed by atoms with E-state index in [0.29, 0.717) is 22.7 Å². The highest BCUT2D eigenvalue weighted by Gasteiger charge is 2.31. The van der Waals surface area contributed by atoms with Crippen molar-refractivity contribution in [2.45, 2.75) is 27.7 Å². The highest BCUT2D eigenvalue weighted by molar-refractivity contribution is 6.30. The number of allylic oxidation sites excluding steroid dienone is 1. The summed E-state index contributed by atoms with van der Waals surface area (Å²) in [4.78, 5) is 25.1. The molecule has 0 spiro atoms. The molecule has 0 atom stereocenters. The number of aromatic hydroxyl groups is 2. The highest BCUT2D eigenvalue weighted by atomic mass is 16.3. The SMILES string of the molecule is CC1=NN(c2ccc(C)c(C)c2)C(=O)C1=C(C)NNC(=O)c1cc(O)cc(O)c1. The fourth-order valence-electron chi connectivity index (χ4n) is 2.98. The van der Waals surface area contributed by atoms with Crippen molar-refractivity contribution in [3.05, 3.63) is 64.4 Å². The van der Waals surface area contributed by atoms with Gasteiger partial charge in [-0.05, 0) is 63.1 Å². The summed E-state index contributed by atoms with van der Waals surface area (Å²) >= 11 is 0. The lowest BCUT2D eigenvalue weighted by Crippen LogP contribution is -2.37. The third-order valence-electron chi connectivity index (χ3n) is 4.66. The van der Waals surface area contributed by atoms with Gasteiger partial charge in [0.25, 0.3) is 11.8 Å². The Kier molecular flexibility index (Phi) is 5.27. The lowest BCUT2D eigenvalue weighted by atomic mass is 10.1. The van der Waals surface area contributed by atoms with Crippen molar-refractivity contribution >= 4 is 23.2 Å². The minimum absolute atomic E-state index is 0.0627. The van der Waals surface area contributed by atoms with E-state index in [9.17, 15) is 19.8 Å². The standard InChI is InChI=1S/C21H22N4O4/c1-11-5-6-16(7-12(11)2)25-21(29)19(14(4)24-25)13(3)22-23-20(28)15-8-17(26)10-18(27)9-15/h5-10,22,26-27H,1-4H3,(H,23,28). The van der Waals surface area contributed by atoms with Crippen LogP contribution in [0.3, 0.4) is 0 Å². The second-order valence-corrected chi connectivity index (χ2v) is 6.89. The predicted molar refractivity (Wildman–Crippen MR) is 110 cm³/mol. The largest absolute Gasteiger partial charge is 0.508 e. The van der Waals surface area contributed by atoms with Crippen molar-refractivity contribution in [3.8, 4) is 11.5 Å². The van der Waals surface area contributed by atoms with Gasteiger partial charge in [0.1, 0.15) is 11.5 Å². The van der Waals surface area contributed by atoms with Crippen LogP contribution in [0.25, 0.3) is 0 Å². The molecule has 8 nitrogen and oxygen atoms in total. The van der Waals surface area contributed by atoms with E-state index >= 15 is 0 Å². The number of anilines is 1. The van der Waals surface area contributed by atoms with Crippen LogP contribution < -0.4 is 15.9 Å². The number of amides is 2. The van der Waals surface area contributed by atoms with Crippen molar-refractivity contribution in [3.63, 3.8) is 0 Å². The first-order valence-corrected chi connectivity index (χ1v) is 8.95. The van der Waals surface area contributed by atoms with Gasteiger partial charge in [0, 0.05) is 17.3 Å². The van der Waals surface area contributed by atoms with Gasteiger partial charge in [0.05, 0.1) is 17.0 Å². The van der Waals surface area contributed by atoms with Crippen LogP contribution in [0.1, 0.15) is 35.3 Å². The van der Waals surface area contributed by atoms with Gasteiger partial charge >= 0.3 is 0 Å². The van der Waals surface area contributed by atoms with E-state index < -0.39 is 5.91 Å². The summed E-state index contributed by atoms with van der Waals surface area (Å²) in [7, 11) is 0. The number of nitrogens with one attached hydrogen (secondary N) is 2. The molecule has 8 heteroatoms. The third-order valence-corrected chi connectivity index (χ3v) is 4.66. The number of carbonyl (C=O) groups is 2. The van der Waals surface area contributed by atoms with Gasteiger partial charge in [-0.3, -0.25) is 15.0 Å². The topological polar surface area (TPSA) is 114 Å². The lowest BCUT2D eigenvalue weighted by Gasteiger charge is -2.15. The average Bonchev–Trinajstić information content (AvgIpc) is 2.95. The number of nitrogens with zero attached hydrogens (tertiary/aromatic N) is 2. The van der Waals surface area contributed by atoms with E-state index in [0.717, 1.165) is 17.2 Å². The zero-order valence-corrected chi connectivity index (χ0v) is 16.6. The van der Waals surface area contributed by atoms with Gasteiger partial charge in [-0.25, -0.2) is 0 Å². The Bertz CT molecular complexity index is 1050. The predicted octanol–water partition coefficient (Wildman–Crippen LogP) is 2.65. The van der Waals surface area contributed by atoms with Crippen LogP contribution in [-0.4, -0.2) is 27.7 Å². The number of hydrazine groups is 1. The van der Waals surface area contributed by atoms with E-state index in [2.05, 4.69) is 16.0 Å². The number of hydrogen-bond acceptors (Lipinski definition) is 6. The summed E-state index contributed by atoms with van der Waals surface area (Å²) in [5, 5.41) is 24.7. The Labute approximate surface area is 168 Å². The second kappa shape index (κ2) is 7.67. The Hall–Kier alpha value is -3.81. The van der Waals surface area contributed by atoms with Crippen molar-refractivity contribution in [2.75, 3.05) is 5.01 Å². The minimum atomic E-state index is -0.581. The molecule has 0 saturated carbocycles. The second-order valence-electron chi connectivity index (χ2n) is 6.89. The molecule has 0 aliphatic carbocycles. The summed E-state index contributed by atoms with van der Waals surface area (Å²) in [5.74, 6) is -1.35. The molecule has 1 heterocycles. The molecular weight excluding hydrogens is 372 g/mol. The molecule has 29 heavy (non-hydrogen) atoms. The molecule has 1 aliphatic heterocycles. The third kappa shape index (κ3) is 4.06. The molecule has 0 aromatic heterocycles. The summed E-state index contributed by atoms with van der Waals surface area (Å²) in [6, 6.07) is 9.21. The van der Waals surface area contributed by atoms with Crippen molar-refractivity contribution < 1.29 is 19.8 Å². The molecule has 0 radical (unpaired) electrons. The number of aryl methyl sites for hydroxylation is 2. The summed E-state index contributed by atoms with van der Waals surface area (Å²) < 4.78 is 0. The van der Waals surface area contributed by atoms with Crippen LogP contribution in [0.4, 0.5) is 5.69 Å². The van der Waals surface area contributed by atoms with E-state index in [1.807, 2.05) is 32.0 Å². The molecular formula is C21H22N4O4. The van der Waals surface area contributed by atoms with Gasteiger partial charge in [0.2, 0.25) is 0 Å². The van der Waals surface area contributed by atoms with Crippen LogP contribution in [0, 0.1) is 13.8 Å². The van der Waals surface area contributed by atoms with Crippen molar-refractivity contribution in [2.24, 2.45) is 5.10 Å². The maximum atomic E-state index is 12.9. The lowest BCUT2D eigenvalue weighted by molar-refractivity contribution is -0.114. The average molecular weight is 394 g/mol. The highest BCUT2D eigenvalue weighted by Crippen LogP contribution is 2.26. The Balaban J connectivity index is 1.78. The van der Waals surface area contributed by atoms with Crippen molar-refractivity contribution in [1.82, 2.24) is 10.9 Å². The van der Waals surface area contributed by atoms with E-state index in [1.54, 1.807) is 13.8 Å². The van der Waals surface area contributed by atoms with Crippen LogP contribution in [-0.2, 0) is 4.79 Å². The first kappa shape index (κ1) is 19.9. The first-order chi connectivity index (χ1) is 13.7. The molecule has 150 valence electrons. The van der Waals surface area contributed by atoms with Gasteiger partial charge in [-0.2, -0.15) is 10.1 Å². The Morgan fingerprint density at radius 2 is 1.62 bits per heavy atom. The molecule has 2 amide bonds. The number of phenolic OH excluding ortho intramolecular Hbond substituents is 2. The molecule has 4 N–H and O–H groups in total. The quantitative estimate of drug-likeness (QED) is 0.470. The van der Waals surface area contributed by atoms with Crippen LogP contribution in [0.2, 0.25) is 0 Å². The number of rotatable bonds is 4. The zero-order valence-electron chi connectivity index (χ0n) is 16.6.